The first kappa shape index (κ1) is 13.6. The largest absolute Gasteiger partial charge is 0.383 e. The fourth-order valence-corrected chi connectivity index (χ4v) is 2.41. The topological polar surface area (TPSA) is 37.8 Å². The number of nitrogens with one attached hydrogen (secondary N) is 1. The highest BCUT2D eigenvalue weighted by molar-refractivity contribution is 9.10. The highest BCUT2D eigenvalue weighted by Crippen LogP contribution is 2.22. The molecule has 18 heavy (non-hydrogen) atoms. The van der Waals surface area contributed by atoms with Crippen molar-refractivity contribution in [1.29, 1.82) is 0 Å². The Kier molecular flexibility index (Phi) is 4.78. The van der Waals surface area contributed by atoms with Crippen molar-refractivity contribution < 1.29 is 0 Å². The van der Waals surface area contributed by atoms with Crippen LogP contribution in [0.25, 0.3) is 11.0 Å². The second kappa shape index (κ2) is 6.34. The molecule has 2 aromatic heterocycles. The molecule has 2 rings (SSSR count). The van der Waals surface area contributed by atoms with Crippen molar-refractivity contribution in [3.05, 3.63) is 29.0 Å². The number of hydrogen-bond acceptors (Lipinski definition) is 3. The van der Waals surface area contributed by atoms with Crippen molar-refractivity contribution in [3.8, 4) is 0 Å². The summed E-state index contributed by atoms with van der Waals surface area (Å²) in [4.78, 5) is 8.72. The molecule has 0 saturated heterocycles. The molecule has 0 radical (unpaired) electrons. The van der Waals surface area contributed by atoms with Gasteiger partial charge in [0, 0.05) is 29.3 Å². The second-order valence-electron chi connectivity index (χ2n) is 4.34. The van der Waals surface area contributed by atoms with E-state index in [9.17, 15) is 0 Å². The smallest absolute Gasteiger partial charge is 0.112 e. The Bertz CT molecular complexity index is 533. The third kappa shape index (κ3) is 3.33. The molecule has 96 valence electrons. The van der Waals surface area contributed by atoms with E-state index in [2.05, 4.69) is 38.1 Å². The summed E-state index contributed by atoms with van der Waals surface area (Å²) in [5.74, 6) is 1.24. The van der Waals surface area contributed by atoms with E-state index in [1.54, 1.807) is 12.4 Å². The summed E-state index contributed by atoms with van der Waals surface area (Å²) in [5.41, 5.74) is 2.81. The van der Waals surface area contributed by atoms with Crippen LogP contribution in [-0.2, 0) is 0 Å². The van der Waals surface area contributed by atoms with E-state index < -0.39 is 0 Å². The van der Waals surface area contributed by atoms with Crippen molar-refractivity contribution >= 4 is 44.3 Å². The van der Waals surface area contributed by atoms with Crippen LogP contribution in [0.5, 0.6) is 0 Å². The van der Waals surface area contributed by atoms with Crippen LogP contribution in [0, 0.1) is 5.92 Å². The molecule has 0 amide bonds. The van der Waals surface area contributed by atoms with Gasteiger partial charge >= 0.3 is 0 Å². The van der Waals surface area contributed by atoms with Gasteiger partial charge in [0.2, 0.25) is 0 Å². The lowest BCUT2D eigenvalue weighted by atomic mass is 10.1. The zero-order chi connectivity index (χ0) is 13.0. The molecule has 1 atom stereocenters. The Balaban J connectivity index is 2.18. The first-order valence-corrected chi connectivity index (χ1v) is 7.23. The summed E-state index contributed by atoms with van der Waals surface area (Å²) in [5, 5.41) is 3.42. The van der Waals surface area contributed by atoms with E-state index in [4.69, 9.17) is 11.6 Å². The average molecular weight is 329 g/mol. The van der Waals surface area contributed by atoms with Crippen molar-refractivity contribution in [3.63, 3.8) is 0 Å². The molecule has 0 spiro atoms. The van der Waals surface area contributed by atoms with Crippen LogP contribution >= 0.6 is 27.5 Å². The minimum Gasteiger partial charge on any atom is -0.383 e. The van der Waals surface area contributed by atoms with Gasteiger partial charge in [0.15, 0.2) is 0 Å². The van der Waals surface area contributed by atoms with Crippen LogP contribution < -0.4 is 5.32 Å². The minimum atomic E-state index is 0.543. The van der Waals surface area contributed by atoms with Crippen LogP contribution in [0.3, 0.4) is 0 Å². The monoisotopic (exact) mass is 327 g/mol. The van der Waals surface area contributed by atoms with Crippen LogP contribution in [0.4, 0.5) is 5.69 Å². The summed E-state index contributed by atoms with van der Waals surface area (Å²) in [6.07, 6.45) is 4.60. The molecule has 0 bridgehead atoms. The molecule has 2 heterocycles. The molecule has 0 aliphatic heterocycles. The second-order valence-corrected chi connectivity index (χ2v) is 5.64. The van der Waals surface area contributed by atoms with Gasteiger partial charge in [0.25, 0.3) is 0 Å². The number of rotatable bonds is 5. The molecular weight excluding hydrogens is 314 g/mol. The van der Waals surface area contributed by atoms with Crippen molar-refractivity contribution in [1.82, 2.24) is 9.97 Å². The van der Waals surface area contributed by atoms with Gasteiger partial charge in [0.1, 0.15) is 5.52 Å². The van der Waals surface area contributed by atoms with E-state index in [1.807, 2.05) is 12.1 Å². The maximum absolute atomic E-state index is 5.74. The number of alkyl halides is 1. The molecule has 0 aliphatic carbocycles. The lowest BCUT2D eigenvalue weighted by molar-refractivity contribution is 0.597. The van der Waals surface area contributed by atoms with Gasteiger partial charge in [-0.2, -0.15) is 0 Å². The van der Waals surface area contributed by atoms with E-state index in [-0.39, 0.29) is 0 Å². The number of pyridine rings is 2. The number of fused-ring (bicyclic) bond motifs is 1. The zero-order valence-corrected chi connectivity index (χ0v) is 12.5. The van der Waals surface area contributed by atoms with Crippen molar-refractivity contribution in [2.45, 2.75) is 13.3 Å². The van der Waals surface area contributed by atoms with E-state index in [0.717, 1.165) is 34.2 Å². The maximum atomic E-state index is 5.74. The number of halogens is 2. The molecule has 0 aliphatic rings. The highest BCUT2D eigenvalue weighted by atomic mass is 79.9. The predicted octanol–water partition coefficient (Wildman–Crippen LogP) is 4.07. The van der Waals surface area contributed by atoms with Gasteiger partial charge in [0.05, 0.1) is 11.2 Å². The third-order valence-electron chi connectivity index (χ3n) is 2.79. The summed E-state index contributed by atoms with van der Waals surface area (Å²) in [6, 6.07) is 3.92. The minimum absolute atomic E-state index is 0.543. The molecule has 2 aromatic rings. The highest BCUT2D eigenvalue weighted by Gasteiger charge is 2.06. The fourth-order valence-electron chi connectivity index (χ4n) is 1.72. The fraction of sp³-hybridized carbons (Fsp3) is 0.385. The first-order valence-electron chi connectivity index (χ1n) is 5.91. The number of aromatic nitrogens is 2. The van der Waals surface area contributed by atoms with Crippen molar-refractivity contribution in [2.75, 3.05) is 17.7 Å². The quantitative estimate of drug-likeness (QED) is 0.841. The van der Waals surface area contributed by atoms with Gasteiger partial charge in [-0.25, -0.2) is 0 Å². The standard InChI is InChI=1S/C13H15BrClN3/c1-9(2-4-15)7-17-11-3-5-16-12-6-10(14)8-18-13(11)12/h3,5-6,8-9H,2,4,7H2,1H3,(H,16,17). The summed E-state index contributed by atoms with van der Waals surface area (Å²) >= 11 is 9.14. The van der Waals surface area contributed by atoms with Gasteiger partial charge in [-0.05, 0) is 40.4 Å². The molecule has 5 heteroatoms. The number of hydrogen-bond donors (Lipinski definition) is 1. The lowest BCUT2D eigenvalue weighted by Gasteiger charge is -2.13. The Morgan fingerprint density at radius 2 is 2.28 bits per heavy atom. The Labute approximate surface area is 120 Å². The van der Waals surface area contributed by atoms with E-state index >= 15 is 0 Å². The lowest BCUT2D eigenvalue weighted by Crippen LogP contribution is -2.12. The average Bonchev–Trinajstić information content (AvgIpc) is 2.36. The number of nitrogens with zero attached hydrogens (tertiary/aromatic N) is 2. The van der Waals surface area contributed by atoms with Gasteiger partial charge in [-0.3, -0.25) is 9.97 Å². The first-order chi connectivity index (χ1) is 8.70. The summed E-state index contributed by atoms with van der Waals surface area (Å²) in [7, 11) is 0. The molecule has 0 saturated carbocycles. The van der Waals surface area contributed by atoms with Gasteiger partial charge in [-0.1, -0.05) is 6.92 Å². The van der Waals surface area contributed by atoms with Crippen LogP contribution in [0.2, 0.25) is 0 Å². The summed E-state index contributed by atoms with van der Waals surface area (Å²) in [6.45, 7) is 3.08. The molecular formula is C13H15BrClN3. The van der Waals surface area contributed by atoms with Crippen LogP contribution in [0.15, 0.2) is 29.0 Å². The SMILES string of the molecule is CC(CCCl)CNc1ccnc2cc(Br)cnc12. The van der Waals surface area contributed by atoms with E-state index in [1.165, 1.54) is 0 Å². The van der Waals surface area contributed by atoms with E-state index in [0.29, 0.717) is 11.8 Å². The Morgan fingerprint density at radius 3 is 3.06 bits per heavy atom. The molecule has 1 N–H and O–H groups in total. The normalized spacial score (nSPS) is 12.6. The Morgan fingerprint density at radius 1 is 1.44 bits per heavy atom. The van der Waals surface area contributed by atoms with Crippen LogP contribution in [-0.4, -0.2) is 22.4 Å². The van der Waals surface area contributed by atoms with Gasteiger partial charge < -0.3 is 5.32 Å². The van der Waals surface area contributed by atoms with Crippen molar-refractivity contribution in [2.24, 2.45) is 5.92 Å². The molecule has 3 nitrogen and oxygen atoms in total. The molecule has 0 fully saturated rings. The summed E-state index contributed by atoms with van der Waals surface area (Å²) < 4.78 is 0.940. The third-order valence-corrected chi connectivity index (χ3v) is 3.44. The van der Waals surface area contributed by atoms with Crippen LogP contribution in [0.1, 0.15) is 13.3 Å². The van der Waals surface area contributed by atoms with Gasteiger partial charge in [-0.15, -0.1) is 11.6 Å². The predicted molar refractivity (Wildman–Crippen MR) is 80.2 cm³/mol. The maximum Gasteiger partial charge on any atom is 0.112 e. The number of anilines is 1. The Hall–Kier alpha value is -0.870. The molecule has 0 aromatic carbocycles. The molecule has 1 unspecified atom stereocenters. The zero-order valence-electron chi connectivity index (χ0n) is 10.2.